The van der Waals surface area contributed by atoms with Gasteiger partial charge in [-0.05, 0) is 29.8 Å². The van der Waals surface area contributed by atoms with Gasteiger partial charge in [-0.1, -0.05) is 35.9 Å². The van der Waals surface area contributed by atoms with Gasteiger partial charge in [0.25, 0.3) is 0 Å². The highest BCUT2D eigenvalue weighted by Crippen LogP contribution is 2.25. The largest absolute Gasteiger partial charge is 0.474 e. The normalized spacial score (nSPS) is 15.3. The summed E-state index contributed by atoms with van der Waals surface area (Å²) in [5.41, 5.74) is 1.64. The molecule has 1 unspecified atom stereocenters. The van der Waals surface area contributed by atoms with Gasteiger partial charge in [0.1, 0.15) is 18.5 Å². The molecule has 1 aromatic heterocycles. The Balaban J connectivity index is 1.38. The van der Waals surface area contributed by atoms with Crippen LogP contribution in [0.1, 0.15) is 18.4 Å². The SMILES string of the molecule is O=C(O)NC(Cc1ccc(Cl)cc1)C(=O)N1CCC(Oc2ncnc3ccccc23)CC1. The third-order valence-electron chi connectivity index (χ3n) is 5.49. The van der Waals surface area contributed by atoms with Crippen molar-refractivity contribution in [1.29, 1.82) is 0 Å². The van der Waals surface area contributed by atoms with Crippen LogP contribution in [-0.2, 0) is 11.2 Å². The second-order valence-electron chi connectivity index (χ2n) is 7.67. The second kappa shape index (κ2) is 9.82. The van der Waals surface area contributed by atoms with E-state index in [1.165, 1.54) is 6.33 Å². The molecule has 0 saturated carbocycles. The quantitative estimate of drug-likeness (QED) is 0.590. The van der Waals surface area contributed by atoms with Gasteiger partial charge in [0, 0.05) is 37.4 Å². The van der Waals surface area contributed by atoms with Crippen LogP contribution < -0.4 is 10.1 Å². The van der Waals surface area contributed by atoms with Crippen molar-refractivity contribution in [2.75, 3.05) is 13.1 Å². The zero-order valence-electron chi connectivity index (χ0n) is 17.3. The molecule has 0 spiro atoms. The molecule has 0 aliphatic carbocycles. The number of nitrogens with zero attached hydrogens (tertiary/aromatic N) is 3. The summed E-state index contributed by atoms with van der Waals surface area (Å²) in [4.78, 5) is 34.5. The molecule has 0 bridgehead atoms. The molecule has 1 saturated heterocycles. The number of ether oxygens (including phenoxy) is 1. The minimum Gasteiger partial charge on any atom is -0.474 e. The second-order valence-corrected chi connectivity index (χ2v) is 8.11. The molecule has 2 N–H and O–H groups in total. The van der Waals surface area contributed by atoms with Crippen LogP contribution in [0.25, 0.3) is 10.9 Å². The average Bonchev–Trinajstić information content (AvgIpc) is 2.80. The van der Waals surface area contributed by atoms with E-state index in [2.05, 4.69) is 15.3 Å². The molecular weight excluding hydrogens is 432 g/mol. The number of aromatic nitrogens is 2. The van der Waals surface area contributed by atoms with Gasteiger partial charge < -0.3 is 20.1 Å². The molecule has 32 heavy (non-hydrogen) atoms. The van der Waals surface area contributed by atoms with E-state index >= 15 is 0 Å². The van der Waals surface area contributed by atoms with Gasteiger partial charge in [-0.3, -0.25) is 4.79 Å². The van der Waals surface area contributed by atoms with Gasteiger partial charge in [-0.2, -0.15) is 0 Å². The van der Waals surface area contributed by atoms with Crippen molar-refractivity contribution in [3.05, 3.63) is 65.4 Å². The number of rotatable bonds is 6. The molecule has 3 aromatic rings. The van der Waals surface area contributed by atoms with Gasteiger partial charge in [0.2, 0.25) is 11.8 Å². The molecule has 2 heterocycles. The fourth-order valence-electron chi connectivity index (χ4n) is 3.85. The van der Waals surface area contributed by atoms with E-state index in [1.807, 2.05) is 24.3 Å². The molecule has 8 nitrogen and oxygen atoms in total. The summed E-state index contributed by atoms with van der Waals surface area (Å²) in [6, 6.07) is 13.8. The first-order valence-corrected chi connectivity index (χ1v) is 10.8. The van der Waals surface area contributed by atoms with Gasteiger partial charge in [-0.15, -0.1) is 0 Å². The number of amides is 2. The lowest BCUT2D eigenvalue weighted by molar-refractivity contribution is -0.135. The number of fused-ring (bicyclic) bond motifs is 1. The number of nitrogens with one attached hydrogen (secondary N) is 1. The number of carbonyl (C=O) groups excluding carboxylic acids is 1. The summed E-state index contributed by atoms with van der Waals surface area (Å²) >= 11 is 5.92. The molecule has 1 aliphatic heterocycles. The number of piperidine rings is 1. The molecule has 2 aromatic carbocycles. The van der Waals surface area contributed by atoms with Crippen LogP contribution in [0, 0.1) is 0 Å². The van der Waals surface area contributed by atoms with Crippen molar-refractivity contribution in [1.82, 2.24) is 20.2 Å². The third-order valence-corrected chi connectivity index (χ3v) is 5.74. The van der Waals surface area contributed by atoms with Gasteiger partial charge in [-0.25, -0.2) is 14.8 Å². The minimum atomic E-state index is -1.23. The van der Waals surface area contributed by atoms with Crippen LogP contribution in [0.5, 0.6) is 5.88 Å². The maximum Gasteiger partial charge on any atom is 0.405 e. The Hall–Kier alpha value is -3.39. The van der Waals surface area contributed by atoms with Crippen molar-refractivity contribution in [3.63, 3.8) is 0 Å². The summed E-state index contributed by atoms with van der Waals surface area (Å²) in [5.74, 6) is 0.293. The van der Waals surface area contributed by atoms with E-state index in [0.29, 0.717) is 36.8 Å². The average molecular weight is 455 g/mol. The van der Waals surface area contributed by atoms with E-state index < -0.39 is 12.1 Å². The summed E-state index contributed by atoms with van der Waals surface area (Å²) < 4.78 is 6.12. The highest BCUT2D eigenvalue weighted by atomic mass is 35.5. The smallest absolute Gasteiger partial charge is 0.405 e. The topological polar surface area (TPSA) is 105 Å². The number of hydrogen-bond donors (Lipinski definition) is 2. The number of carboxylic acid groups (broad SMARTS) is 1. The van der Waals surface area contributed by atoms with Crippen molar-refractivity contribution in [2.24, 2.45) is 0 Å². The lowest BCUT2D eigenvalue weighted by atomic mass is 10.0. The number of halogens is 1. The highest BCUT2D eigenvalue weighted by molar-refractivity contribution is 6.30. The predicted octanol–water partition coefficient (Wildman–Crippen LogP) is 3.53. The van der Waals surface area contributed by atoms with E-state index in [1.54, 1.807) is 29.2 Å². The molecule has 1 aliphatic rings. The number of likely N-dealkylation sites (tertiary alicyclic amines) is 1. The fourth-order valence-corrected chi connectivity index (χ4v) is 3.98. The number of benzene rings is 2. The lowest BCUT2D eigenvalue weighted by Gasteiger charge is -2.34. The molecule has 2 amide bonds. The van der Waals surface area contributed by atoms with Crippen molar-refractivity contribution >= 4 is 34.5 Å². The first kappa shape index (κ1) is 21.8. The zero-order valence-corrected chi connectivity index (χ0v) is 18.0. The van der Waals surface area contributed by atoms with E-state index in [4.69, 9.17) is 16.3 Å². The Labute approximate surface area is 190 Å². The van der Waals surface area contributed by atoms with E-state index in [0.717, 1.165) is 16.5 Å². The van der Waals surface area contributed by atoms with Crippen LogP contribution in [-0.4, -0.2) is 57.2 Å². The molecule has 9 heteroatoms. The summed E-state index contributed by atoms with van der Waals surface area (Å²) in [5, 5.41) is 13.0. The molecule has 0 radical (unpaired) electrons. The lowest BCUT2D eigenvalue weighted by Crippen LogP contribution is -2.52. The Morgan fingerprint density at radius 3 is 2.56 bits per heavy atom. The maximum atomic E-state index is 13.1. The Morgan fingerprint density at radius 1 is 1.12 bits per heavy atom. The Morgan fingerprint density at radius 2 is 1.84 bits per heavy atom. The fraction of sp³-hybridized carbons (Fsp3) is 0.304. The Bertz CT molecular complexity index is 1100. The van der Waals surface area contributed by atoms with Gasteiger partial charge in [0.15, 0.2) is 0 Å². The minimum absolute atomic E-state index is 0.0838. The molecule has 1 fully saturated rings. The van der Waals surface area contributed by atoms with Crippen LogP contribution in [0.3, 0.4) is 0 Å². The number of carbonyl (C=O) groups is 2. The standard InChI is InChI=1S/C23H23ClN4O4/c24-16-7-5-15(6-8-16)13-20(27-23(30)31)22(29)28-11-9-17(10-12-28)32-21-18-3-1-2-4-19(18)25-14-26-21/h1-8,14,17,20,27H,9-13H2,(H,30,31). The number of hydrogen-bond acceptors (Lipinski definition) is 5. The first-order valence-electron chi connectivity index (χ1n) is 10.4. The third kappa shape index (κ3) is 5.26. The van der Waals surface area contributed by atoms with Crippen LogP contribution in [0.15, 0.2) is 54.9 Å². The molecule has 1 atom stereocenters. The zero-order chi connectivity index (χ0) is 22.5. The summed E-state index contributed by atoms with van der Waals surface area (Å²) in [7, 11) is 0. The first-order chi connectivity index (χ1) is 15.5. The van der Waals surface area contributed by atoms with Gasteiger partial charge in [0.05, 0.1) is 10.9 Å². The predicted molar refractivity (Wildman–Crippen MR) is 120 cm³/mol. The van der Waals surface area contributed by atoms with Crippen LogP contribution in [0.2, 0.25) is 5.02 Å². The monoisotopic (exact) mass is 454 g/mol. The number of para-hydroxylation sites is 1. The van der Waals surface area contributed by atoms with Crippen molar-refractivity contribution < 1.29 is 19.4 Å². The van der Waals surface area contributed by atoms with Crippen molar-refractivity contribution in [2.45, 2.75) is 31.4 Å². The van der Waals surface area contributed by atoms with Crippen LogP contribution >= 0.6 is 11.6 Å². The molecule has 166 valence electrons. The Kier molecular flexibility index (Phi) is 6.70. The molecule has 4 rings (SSSR count). The maximum absolute atomic E-state index is 13.1. The van der Waals surface area contributed by atoms with Crippen molar-refractivity contribution in [3.8, 4) is 5.88 Å². The van der Waals surface area contributed by atoms with Crippen LogP contribution in [0.4, 0.5) is 4.79 Å². The van der Waals surface area contributed by atoms with Gasteiger partial charge >= 0.3 is 6.09 Å². The molecular formula is C23H23ClN4O4. The summed E-state index contributed by atoms with van der Waals surface area (Å²) in [6.45, 7) is 0.954. The summed E-state index contributed by atoms with van der Waals surface area (Å²) in [6.07, 6.45) is 1.68. The highest BCUT2D eigenvalue weighted by Gasteiger charge is 2.30. The van der Waals surface area contributed by atoms with E-state index in [-0.39, 0.29) is 18.4 Å². The van der Waals surface area contributed by atoms with E-state index in [9.17, 15) is 14.7 Å².